The Labute approximate surface area is 115 Å². The van der Waals surface area contributed by atoms with Crippen molar-refractivity contribution in [1.29, 1.82) is 0 Å². The van der Waals surface area contributed by atoms with E-state index in [0.29, 0.717) is 12.6 Å². The van der Waals surface area contributed by atoms with Crippen molar-refractivity contribution in [1.82, 2.24) is 0 Å². The fourth-order valence-corrected chi connectivity index (χ4v) is 2.32. The van der Waals surface area contributed by atoms with Crippen LogP contribution >= 0.6 is 0 Å². The van der Waals surface area contributed by atoms with Crippen molar-refractivity contribution in [3.05, 3.63) is 41.2 Å². The molecule has 0 aromatic heterocycles. The van der Waals surface area contributed by atoms with Crippen molar-refractivity contribution in [2.75, 3.05) is 11.9 Å². The fraction of sp³-hybridized carbons (Fsp3) is 0.467. The highest BCUT2D eigenvalue weighted by Crippen LogP contribution is 2.31. The van der Waals surface area contributed by atoms with Crippen molar-refractivity contribution in [3.8, 4) is 0 Å². The standard InChI is InChI=1S/C15H17F4N/c16-13-10-12(15(17,18)19)6-7-14(13)20-9-8-11-4-2-1-3-5-11/h4,6-7,10,20H,1-3,5,8-9H2. The minimum Gasteiger partial charge on any atom is -0.382 e. The largest absolute Gasteiger partial charge is 0.416 e. The van der Waals surface area contributed by atoms with E-state index in [-0.39, 0.29) is 5.69 Å². The van der Waals surface area contributed by atoms with Gasteiger partial charge in [0.15, 0.2) is 0 Å². The maximum atomic E-state index is 13.6. The molecular formula is C15H17F4N. The minimum atomic E-state index is -4.51. The molecule has 5 heteroatoms. The normalized spacial score (nSPS) is 15.9. The third kappa shape index (κ3) is 3.99. The molecule has 1 nitrogen and oxygen atoms in total. The average molecular weight is 287 g/mol. The van der Waals surface area contributed by atoms with E-state index in [0.717, 1.165) is 31.4 Å². The maximum absolute atomic E-state index is 13.6. The van der Waals surface area contributed by atoms with Crippen LogP contribution in [0.25, 0.3) is 0 Å². The summed E-state index contributed by atoms with van der Waals surface area (Å²) < 4.78 is 50.8. The predicted molar refractivity (Wildman–Crippen MR) is 71.1 cm³/mol. The molecule has 1 aliphatic carbocycles. The second kappa shape index (κ2) is 6.29. The molecule has 0 aliphatic heterocycles. The van der Waals surface area contributed by atoms with Gasteiger partial charge in [-0.15, -0.1) is 0 Å². The van der Waals surface area contributed by atoms with Gasteiger partial charge in [0, 0.05) is 6.54 Å². The number of hydrogen-bond donors (Lipinski definition) is 1. The summed E-state index contributed by atoms with van der Waals surface area (Å²) in [5.41, 5.74) is 0.501. The van der Waals surface area contributed by atoms with Crippen LogP contribution in [0.15, 0.2) is 29.8 Å². The van der Waals surface area contributed by atoms with E-state index in [1.54, 1.807) is 0 Å². The summed E-state index contributed by atoms with van der Waals surface area (Å²) in [5, 5.41) is 2.86. The molecule has 0 saturated heterocycles. The van der Waals surface area contributed by atoms with Crippen LogP contribution < -0.4 is 5.32 Å². The number of anilines is 1. The second-order valence-corrected chi connectivity index (χ2v) is 4.98. The van der Waals surface area contributed by atoms with E-state index < -0.39 is 17.6 Å². The third-order valence-electron chi connectivity index (χ3n) is 3.44. The first-order chi connectivity index (χ1) is 9.47. The Morgan fingerprint density at radius 2 is 1.95 bits per heavy atom. The fourth-order valence-electron chi connectivity index (χ4n) is 2.32. The molecule has 0 heterocycles. The van der Waals surface area contributed by atoms with E-state index >= 15 is 0 Å². The Hall–Kier alpha value is -1.52. The van der Waals surface area contributed by atoms with Gasteiger partial charge in [0.25, 0.3) is 0 Å². The van der Waals surface area contributed by atoms with E-state index in [4.69, 9.17) is 0 Å². The third-order valence-corrected chi connectivity index (χ3v) is 3.44. The van der Waals surface area contributed by atoms with Gasteiger partial charge in [-0.25, -0.2) is 4.39 Å². The van der Waals surface area contributed by atoms with Gasteiger partial charge in [-0.1, -0.05) is 11.6 Å². The van der Waals surface area contributed by atoms with Gasteiger partial charge in [0.05, 0.1) is 11.3 Å². The smallest absolute Gasteiger partial charge is 0.382 e. The highest BCUT2D eigenvalue weighted by atomic mass is 19.4. The van der Waals surface area contributed by atoms with Crippen LogP contribution in [0.2, 0.25) is 0 Å². The molecule has 0 bridgehead atoms. The molecule has 110 valence electrons. The molecule has 0 saturated carbocycles. The van der Waals surface area contributed by atoms with Gasteiger partial charge in [-0.3, -0.25) is 0 Å². The lowest BCUT2D eigenvalue weighted by molar-refractivity contribution is -0.137. The van der Waals surface area contributed by atoms with Crippen LogP contribution in [0.1, 0.15) is 37.7 Å². The summed E-state index contributed by atoms with van der Waals surface area (Å²) in [6, 6.07) is 2.57. The molecule has 1 N–H and O–H groups in total. The highest BCUT2D eigenvalue weighted by Gasteiger charge is 2.31. The van der Waals surface area contributed by atoms with Crippen molar-refractivity contribution in [2.24, 2.45) is 0 Å². The number of allylic oxidation sites excluding steroid dienone is 1. The summed E-state index contributed by atoms with van der Waals surface area (Å²) in [4.78, 5) is 0. The van der Waals surface area contributed by atoms with Crippen molar-refractivity contribution in [3.63, 3.8) is 0 Å². The Bertz CT molecular complexity index is 491. The van der Waals surface area contributed by atoms with E-state index in [9.17, 15) is 17.6 Å². The number of alkyl halides is 3. The molecule has 0 spiro atoms. The molecule has 0 fully saturated rings. The molecule has 0 radical (unpaired) electrons. The first-order valence-corrected chi connectivity index (χ1v) is 6.75. The number of hydrogen-bond acceptors (Lipinski definition) is 1. The molecule has 2 rings (SSSR count). The molecule has 0 atom stereocenters. The number of halogens is 4. The molecule has 1 aliphatic rings. The Kier molecular flexibility index (Phi) is 4.68. The average Bonchev–Trinajstić information content (AvgIpc) is 2.40. The molecule has 0 amide bonds. The van der Waals surface area contributed by atoms with E-state index in [2.05, 4.69) is 11.4 Å². The summed E-state index contributed by atoms with van der Waals surface area (Å²) in [6.45, 7) is 0.536. The second-order valence-electron chi connectivity index (χ2n) is 4.98. The van der Waals surface area contributed by atoms with Gasteiger partial charge in [-0.2, -0.15) is 13.2 Å². The van der Waals surface area contributed by atoms with Crippen molar-refractivity contribution >= 4 is 5.69 Å². The van der Waals surface area contributed by atoms with E-state index in [1.807, 2.05) is 0 Å². The molecule has 1 aromatic rings. The zero-order valence-electron chi connectivity index (χ0n) is 11.1. The molecule has 1 aromatic carbocycles. The molecule has 20 heavy (non-hydrogen) atoms. The molecular weight excluding hydrogens is 270 g/mol. The Morgan fingerprint density at radius 1 is 1.15 bits per heavy atom. The van der Waals surface area contributed by atoms with Gasteiger partial charge in [0.1, 0.15) is 5.82 Å². The van der Waals surface area contributed by atoms with Gasteiger partial charge in [-0.05, 0) is 50.3 Å². The van der Waals surface area contributed by atoms with Crippen molar-refractivity contribution < 1.29 is 17.6 Å². The summed E-state index contributed by atoms with van der Waals surface area (Å²) in [7, 11) is 0. The van der Waals surface area contributed by atoms with Gasteiger partial charge < -0.3 is 5.32 Å². The van der Waals surface area contributed by atoms with E-state index in [1.165, 1.54) is 18.4 Å². The van der Waals surface area contributed by atoms with Crippen molar-refractivity contribution in [2.45, 2.75) is 38.3 Å². The minimum absolute atomic E-state index is 0.120. The van der Waals surface area contributed by atoms with Crippen LogP contribution in [0, 0.1) is 5.82 Å². The van der Waals surface area contributed by atoms with Gasteiger partial charge >= 0.3 is 6.18 Å². The maximum Gasteiger partial charge on any atom is 0.416 e. The topological polar surface area (TPSA) is 12.0 Å². The Balaban J connectivity index is 1.91. The van der Waals surface area contributed by atoms with Crippen LogP contribution in [0.5, 0.6) is 0 Å². The van der Waals surface area contributed by atoms with Crippen LogP contribution in [-0.4, -0.2) is 6.54 Å². The lowest BCUT2D eigenvalue weighted by atomic mass is 9.97. The highest BCUT2D eigenvalue weighted by molar-refractivity contribution is 5.47. The Morgan fingerprint density at radius 3 is 2.55 bits per heavy atom. The monoisotopic (exact) mass is 287 g/mol. The predicted octanol–water partition coefficient (Wildman–Crippen LogP) is 5.15. The summed E-state index contributed by atoms with van der Waals surface area (Å²) >= 11 is 0. The SMILES string of the molecule is Fc1cc(C(F)(F)F)ccc1NCCC1=CCCCC1. The first kappa shape index (κ1) is 14.9. The summed E-state index contributed by atoms with van der Waals surface area (Å²) in [5.74, 6) is -0.863. The van der Waals surface area contributed by atoms with Crippen LogP contribution in [-0.2, 0) is 6.18 Å². The lowest BCUT2D eigenvalue weighted by Gasteiger charge is -2.14. The summed E-state index contributed by atoms with van der Waals surface area (Å²) in [6.07, 6.45) is 3.05. The quantitative estimate of drug-likeness (QED) is 0.596. The lowest BCUT2D eigenvalue weighted by Crippen LogP contribution is -2.09. The first-order valence-electron chi connectivity index (χ1n) is 6.75. The number of nitrogens with one attached hydrogen (secondary N) is 1. The van der Waals surface area contributed by atoms with Crippen LogP contribution in [0.3, 0.4) is 0 Å². The van der Waals surface area contributed by atoms with Crippen LogP contribution in [0.4, 0.5) is 23.2 Å². The zero-order chi connectivity index (χ0) is 14.6. The number of rotatable bonds is 4. The zero-order valence-corrected chi connectivity index (χ0v) is 11.1. The number of benzene rings is 1. The van der Waals surface area contributed by atoms with Gasteiger partial charge in [0.2, 0.25) is 0 Å². The molecule has 0 unspecified atom stereocenters.